The molecule has 0 saturated carbocycles. The van der Waals surface area contributed by atoms with Crippen LogP contribution < -0.4 is 41.5 Å². The number of aromatic amines is 2. The Bertz CT molecular complexity index is 2500. The van der Waals surface area contributed by atoms with E-state index in [1.54, 1.807) is 0 Å². The minimum atomic E-state index is -5.19. The maximum Gasteiger partial charge on any atom is 0.430 e. The average molecular weight is 880 g/mol. The number of hydrogen-bond donors (Lipinski definition) is 3. The van der Waals surface area contributed by atoms with Gasteiger partial charge < -0.3 is 40.2 Å². The number of rotatable bonds is 10. The van der Waals surface area contributed by atoms with Crippen molar-refractivity contribution in [3.8, 4) is 0 Å². The molecular formula is C40H40ClF6N7O7. The lowest BCUT2D eigenvalue weighted by Gasteiger charge is -2.34. The number of amides is 1. The molecule has 5 N–H and O–H groups in total. The number of pyridine rings is 1. The maximum absolute atomic E-state index is 12.8. The molecule has 2 atom stereocenters. The smallest absolute Gasteiger partial charge is 0.430 e. The number of carbonyl (C=O) groups excluding carboxylic acids is 3. The molecule has 21 heteroatoms. The fourth-order valence-corrected chi connectivity index (χ4v) is 7.50. The number of nitrogen functional groups attached to an aromatic ring is 1. The molecule has 0 spiro atoms. The van der Waals surface area contributed by atoms with Crippen molar-refractivity contribution in [2.24, 2.45) is 5.92 Å². The monoisotopic (exact) mass is 879 g/mol. The molecule has 0 aliphatic heterocycles. The van der Waals surface area contributed by atoms with Crippen LogP contribution in [0, 0.1) is 5.92 Å². The molecule has 14 nitrogen and oxygen atoms in total. The van der Waals surface area contributed by atoms with Crippen LogP contribution in [0.3, 0.4) is 0 Å². The zero-order valence-electron chi connectivity index (χ0n) is 32.6. The van der Waals surface area contributed by atoms with Crippen LogP contribution in [0.4, 0.5) is 37.7 Å². The highest BCUT2D eigenvalue weighted by Gasteiger charge is 2.36. The molecule has 3 aromatic heterocycles. The van der Waals surface area contributed by atoms with Crippen LogP contribution >= 0.6 is 11.6 Å². The van der Waals surface area contributed by atoms with Crippen LogP contribution in [0.1, 0.15) is 60.5 Å². The lowest BCUT2D eigenvalue weighted by Crippen LogP contribution is -2.37. The molecule has 0 radical (unpaired) electrons. The van der Waals surface area contributed by atoms with Gasteiger partial charge in [-0.05, 0) is 73.8 Å². The summed E-state index contributed by atoms with van der Waals surface area (Å²) in [4.78, 5) is 48.1. The number of alkyl halides is 6. The van der Waals surface area contributed by atoms with Gasteiger partial charge in [-0.3, -0.25) is 4.79 Å². The summed E-state index contributed by atoms with van der Waals surface area (Å²) in [5.41, 5.74) is 15.0. The number of unbranched alkanes of at least 4 members (excludes halogenated alkanes) is 1. The van der Waals surface area contributed by atoms with Crippen molar-refractivity contribution in [2.45, 2.75) is 76.3 Å². The third-order valence-corrected chi connectivity index (χ3v) is 10.2. The highest BCUT2D eigenvalue weighted by Crippen LogP contribution is 2.46. The normalized spacial score (nSPS) is 15.7. The summed E-state index contributed by atoms with van der Waals surface area (Å²) in [7, 11) is 3.84. The molecule has 7 rings (SSSR count). The van der Waals surface area contributed by atoms with Gasteiger partial charge in [-0.25, -0.2) is 9.78 Å². The van der Waals surface area contributed by atoms with Gasteiger partial charge in [0.05, 0.1) is 24.0 Å². The van der Waals surface area contributed by atoms with Crippen LogP contribution in [-0.4, -0.2) is 54.6 Å². The van der Waals surface area contributed by atoms with E-state index in [4.69, 9.17) is 41.6 Å². The van der Waals surface area contributed by atoms with Gasteiger partial charge in [0, 0.05) is 65.5 Å². The Hall–Kier alpha value is -6.18. The number of allylic oxidation sites excluding steroid dienone is 2. The van der Waals surface area contributed by atoms with Gasteiger partial charge in [0.15, 0.2) is 11.9 Å². The molecule has 326 valence electrons. The highest BCUT2D eigenvalue weighted by molar-refractivity contribution is 6.31. The number of anilines is 2. The largest absolute Gasteiger partial charge is 0.542 e. The van der Waals surface area contributed by atoms with Crippen molar-refractivity contribution in [1.82, 2.24) is 15.6 Å². The molecule has 2 aliphatic rings. The number of hydrogen-bond acceptors (Lipinski definition) is 10. The van der Waals surface area contributed by atoms with E-state index in [1.807, 2.05) is 66.3 Å². The van der Waals surface area contributed by atoms with E-state index in [9.17, 15) is 35.9 Å². The van der Waals surface area contributed by atoms with Crippen molar-refractivity contribution < 1.29 is 65.0 Å². The highest BCUT2D eigenvalue weighted by atomic mass is 35.5. The Balaban J connectivity index is 0.000000434. The zero-order valence-corrected chi connectivity index (χ0v) is 33.4. The summed E-state index contributed by atoms with van der Waals surface area (Å²) < 4.78 is 70.5. The summed E-state index contributed by atoms with van der Waals surface area (Å²) in [6.45, 7) is 1.12. The second kappa shape index (κ2) is 19.0. The second-order valence-electron chi connectivity index (χ2n) is 14.7. The van der Waals surface area contributed by atoms with Gasteiger partial charge in [0.25, 0.3) is 0 Å². The first-order chi connectivity index (χ1) is 28.6. The van der Waals surface area contributed by atoms with E-state index < -0.39 is 29.9 Å². The molecular weight excluding hydrogens is 840 g/mol. The summed E-state index contributed by atoms with van der Waals surface area (Å²) in [5, 5.41) is 30.4. The molecule has 2 aromatic carbocycles. The molecule has 1 amide bonds. The molecule has 3 heterocycles. The topological polar surface area (TPSA) is 216 Å². The average Bonchev–Trinajstić information content (AvgIpc) is 3.62. The minimum Gasteiger partial charge on any atom is -0.542 e. The minimum absolute atomic E-state index is 0.0767. The number of nitrogens with zero attached hydrogens (tertiary/aromatic N) is 3. The number of aryl methyl sites for hydroxylation is 1. The van der Waals surface area contributed by atoms with Gasteiger partial charge in [-0.2, -0.15) is 31.0 Å². The number of aromatic nitrogens is 4. The van der Waals surface area contributed by atoms with Crippen LogP contribution in [0.5, 0.6) is 0 Å². The summed E-state index contributed by atoms with van der Waals surface area (Å²) in [5.74, 6) is -5.21. The van der Waals surface area contributed by atoms with Crippen molar-refractivity contribution in [2.75, 3.05) is 24.7 Å². The Morgan fingerprint density at radius 1 is 1.02 bits per heavy atom. The van der Waals surface area contributed by atoms with Crippen molar-refractivity contribution in [1.29, 1.82) is 0 Å². The molecule has 0 fully saturated rings. The van der Waals surface area contributed by atoms with Gasteiger partial charge in [-0.1, -0.05) is 28.5 Å². The first-order valence-corrected chi connectivity index (χ1v) is 19.1. The first-order valence-electron chi connectivity index (χ1n) is 18.7. The van der Waals surface area contributed by atoms with Crippen LogP contribution in [0.25, 0.3) is 21.9 Å². The predicted octanol–water partition coefficient (Wildman–Crippen LogP) is 3.38. The van der Waals surface area contributed by atoms with E-state index in [2.05, 4.69) is 26.7 Å². The third-order valence-electron chi connectivity index (χ3n) is 10.00. The van der Waals surface area contributed by atoms with E-state index in [0.29, 0.717) is 34.5 Å². The lowest BCUT2D eigenvalue weighted by atomic mass is 9.70. The van der Waals surface area contributed by atoms with Gasteiger partial charge in [-0.15, -0.1) is 0 Å². The molecule has 2 bridgehead atoms. The Morgan fingerprint density at radius 3 is 2.34 bits per heavy atom. The van der Waals surface area contributed by atoms with Crippen LogP contribution in [0.15, 0.2) is 69.5 Å². The van der Waals surface area contributed by atoms with Crippen molar-refractivity contribution >= 4 is 62.7 Å². The number of benzene rings is 2. The standard InChI is InChI=1S/C36H38ClN7O3.2C2HF3O2/c1-43(2)27-7-9-28-23(16-34(46)47-32(28)18-27)15-33(45)39-19-26-20-44(42-41-26)10-4-3-5-21-11-22-13-24(12-21)35-31(14-22)40-30-17-25(37)6-8-29(30)36(35)38;2*3-2(4,5)1(6)7/h6-9,11,16-18,20,22,24H,3-5,10,12-15,19H2,1-2H3,(H3,38,39,40,45);2*(H,6,7). The number of carboxylic acid groups (broad SMARTS) is 2. The number of carboxylic acids is 2. The number of nitrogens with one attached hydrogen (secondary N) is 3. The quantitative estimate of drug-likeness (QED) is 0.0612. The van der Waals surface area contributed by atoms with Gasteiger partial charge >= 0.3 is 18.0 Å². The molecule has 0 saturated heterocycles. The number of aliphatic carboxylic acids is 2. The van der Waals surface area contributed by atoms with E-state index in [1.165, 1.54) is 22.9 Å². The maximum atomic E-state index is 12.8. The second-order valence-corrected chi connectivity index (χ2v) is 15.2. The number of fused-ring (bicyclic) bond motifs is 6. The van der Waals surface area contributed by atoms with Crippen LogP contribution in [-0.2, 0) is 40.3 Å². The Labute approximate surface area is 348 Å². The molecule has 61 heavy (non-hydrogen) atoms. The number of H-pyrrole nitrogens is 2. The Kier molecular flexibility index (Phi) is 14.3. The fourth-order valence-electron chi connectivity index (χ4n) is 7.33. The number of carbonyl (C=O) groups is 3. The van der Waals surface area contributed by atoms with Gasteiger partial charge in [0.1, 0.15) is 24.1 Å². The first kappa shape index (κ1) is 45.9. The summed E-state index contributed by atoms with van der Waals surface area (Å²) in [6, 6.07) is 12.9. The summed E-state index contributed by atoms with van der Waals surface area (Å²) in [6.07, 6.45) is 0.513. The third kappa shape index (κ3) is 12.2. The number of halogens is 7. The van der Waals surface area contributed by atoms with Crippen molar-refractivity contribution in [3.63, 3.8) is 0 Å². The predicted molar refractivity (Wildman–Crippen MR) is 204 cm³/mol. The SMILES string of the molecule is CN(C)c1ccc2c(CC(=O)NCc3c[n+](CCCCC4=CC5Cc6[nH+]c7cc(Cl)ccc7c(N)c6C(C4)C5)[nH]n3)cc(=O)oc2c1.O=C([O-])C(F)(F)F.O=C([O-])C(F)(F)F. The van der Waals surface area contributed by atoms with E-state index in [0.717, 1.165) is 78.4 Å². The molecule has 2 unspecified atom stereocenters. The lowest BCUT2D eigenvalue weighted by molar-refractivity contribution is -0.754. The van der Waals surface area contributed by atoms with E-state index in [-0.39, 0.29) is 12.3 Å². The fraction of sp³-hybridized carbons (Fsp3) is 0.375. The summed E-state index contributed by atoms with van der Waals surface area (Å²) >= 11 is 6.24. The Morgan fingerprint density at radius 2 is 1.69 bits per heavy atom. The van der Waals surface area contributed by atoms with Crippen molar-refractivity contribution in [3.05, 3.63) is 98.3 Å². The number of nitrogens with two attached hydrogens (primary N) is 1. The molecule has 5 aromatic rings. The van der Waals surface area contributed by atoms with Crippen LogP contribution in [0.2, 0.25) is 5.02 Å². The zero-order chi connectivity index (χ0) is 44.8. The van der Waals surface area contributed by atoms with E-state index >= 15 is 0 Å². The van der Waals surface area contributed by atoms with Gasteiger partial charge in [0.2, 0.25) is 17.1 Å². The molecule has 2 aliphatic carbocycles.